The van der Waals surface area contributed by atoms with Crippen LogP contribution < -0.4 is 5.32 Å². The zero-order chi connectivity index (χ0) is 14.6. The maximum absolute atomic E-state index is 12.1. The van der Waals surface area contributed by atoms with Crippen LogP contribution in [0, 0.1) is 6.92 Å². The first kappa shape index (κ1) is 14.9. The van der Waals surface area contributed by atoms with Gasteiger partial charge in [-0.1, -0.05) is 31.7 Å². The SMILES string of the molecule is Cc1ccc(C(=O)NCC2(O)CCCCCC2)c(O)c1. The molecule has 0 unspecified atom stereocenters. The van der Waals surface area contributed by atoms with Crippen LogP contribution in [0.2, 0.25) is 0 Å². The van der Waals surface area contributed by atoms with Gasteiger partial charge in [0.1, 0.15) is 5.75 Å². The number of nitrogens with one attached hydrogen (secondary N) is 1. The number of rotatable bonds is 3. The second-order valence-corrected chi connectivity index (χ2v) is 5.84. The minimum Gasteiger partial charge on any atom is -0.507 e. The lowest BCUT2D eigenvalue weighted by atomic mass is 9.94. The number of amides is 1. The summed E-state index contributed by atoms with van der Waals surface area (Å²) >= 11 is 0. The predicted octanol–water partition coefficient (Wildman–Crippen LogP) is 2.52. The Hall–Kier alpha value is -1.55. The van der Waals surface area contributed by atoms with Crippen LogP contribution in [-0.4, -0.2) is 28.3 Å². The number of phenolic OH excluding ortho intramolecular Hbond substituents is 1. The van der Waals surface area contributed by atoms with Gasteiger partial charge >= 0.3 is 0 Å². The highest BCUT2D eigenvalue weighted by Crippen LogP contribution is 2.26. The second-order valence-electron chi connectivity index (χ2n) is 5.84. The fourth-order valence-corrected chi connectivity index (χ4v) is 2.74. The Kier molecular flexibility index (Phi) is 4.65. The van der Waals surface area contributed by atoms with Crippen molar-refractivity contribution in [3.8, 4) is 5.75 Å². The van der Waals surface area contributed by atoms with E-state index in [9.17, 15) is 15.0 Å². The summed E-state index contributed by atoms with van der Waals surface area (Å²) in [5, 5.41) is 23.0. The third kappa shape index (κ3) is 3.73. The van der Waals surface area contributed by atoms with E-state index >= 15 is 0 Å². The maximum atomic E-state index is 12.1. The molecule has 4 heteroatoms. The first-order valence-electron chi connectivity index (χ1n) is 7.30. The number of aryl methyl sites for hydroxylation is 1. The molecule has 0 aliphatic heterocycles. The fraction of sp³-hybridized carbons (Fsp3) is 0.562. The molecule has 2 rings (SSSR count). The van der Waals surface area contributed by atoms with Crippen molar-refractivity contribution in [1.29, 1.82) is 0 Å². The van der Waals surface area contributed by atoms with Crippen molar-refractivity contribution < 1.29 is 15.0 Å². The molecule has 0 atom stereocenters. The van der Waals surface area contributed by atoms with Gasteiger partial charge in [-0.3, -0.25) is 4.79 Å². The van der Waals surface area contributed by atoms with E-state index in [0.29, 0.717) is 0 Å². The maximum Gasteiger partial charge on any atom is 0.255 e. The normalized spacial score (nSPS) is 18.3. The zero-order valence-corrected chi connectivity index (χ0v) is 12.0. The van der Waals surface area contributed by atoms with Gasteiger partial charge in [-0.05, 0) is 37.5 Å². The fourth-order valence-electron chi connectivity index (χ4n) is 2.74. The predicted molar refractivity (Wildman–Crippen MR) is 77.8 cm³/mol. The Labute approximate surface area is 119 Å². The van der Waals surface area contributed by atoms with E-state index in [0.717, 1.165) is 44.1 Å². The minimum absolute atomic E-state index is 0.0182. The average molecular weight is 277 g/mol. The molecule has 4 nitrogen and oxygen atoms in total. The Bertz CT molecular complexity index is 477. The van der Waals surface area contributed by atoms with Crippen molar-refractivity contribution in [2.24, 2.45) is 0 Å². The van der Waals surface area contributed by atoms with Crippen molar-refractivity contribution in [3.63, 3.8) is 0 Å². The summed E-state index contributed by atoms with van der Waals surface area (Å²) in [7, 11) is 0. The van der Waals surface area contributed by atoms with Gasteiger partial charge in [0.25, 0.3) is 5.91 Å². The molecule has 1 fully saturated rings. The van der Waals surface area contributed by atoms with Gasteiger partial charge in [-0.25, -0.2) is 0 Å². The molecule has 1 aliphatic carbocycles. The second kappa shape index (κ2) is 6.27. The van der Waals surface area contributed by atoms with Gasteiger partial charge in [0, 0.05) is 6.54 Å². The summed E-state index contributed by atoms with van der Waals surface area (Å²) in [5.74, 6) is -0.351. The number of benzene rings is 1. The topological polar surface area (TPSA) is 69.6 Å². The number of hydrogen-bond donors (Lipinski definition) is 3. The monoisotopic (exact) mass is 277 g/mol. The summed E-state index contributed by atoms with van der Waals surface area (Å²) in [4.78, 5) is 12.1. The molecule has 20 heavy (non-hydrogen) atoms. The molecule has 0 bridgehead atoms. The van der Waals surface area contributed by atoms with Crippen LogP contribution in [-0.2, 0) is 0 Å². The lowest BCUT2D eigenvalue weighted by molar-refractivity contribution is 0.0246. The Morgan fingerprint density at radius 3 is 2.50 bits per heavy atom. The summed E-state index contributed by atoms with van der Waals surface area (Å²) in [6.07, 6.45) is 5.76. The molecule has 0 heterocycles. The third-order valence-corrected chi connectivity index (χ3v) is 4.01. The number of aliphatic hydroxyl groups is 1. The van der Waals surface area contributed by atoms with Crippen molar-refractivity contribution in [2.45, 2.75) is 51.0 Å². The van der Waals surface area contributed by atoms with Gasteiger partial charge in [-0.15, -0.1) is 0 Å². The van der Waals surface area contributed by atoms with Gasteiger partial charge in [0.2, 0.25) is 0 Å². The highest BCUT2D eigenvalue weighted by molar-refractivity contribution is 5.96. The van der Waals surface area contributed by atoms with E-state index in [1.165, 1.54) is 0 Å². The number of phenols is 1. The molecule has 1 aromatic rings. The highest BCUT2D eigenvalue weighted by Gasteiger charge is 2.28. The van der Waals surface area contributed by atoms with E-state index in [1.54, 1.807) is 18.2 Å². The van der Waals surface area contributed by atoms with Crippen molar-refractivity contribution in [3.05, 3.63) is 29.3 Å². The smallest absolute Gasteiger partial charge is 0.255 e. The average Bonchev–Trinajstić information content (AvgIpc) is 2.61. The molecule has 0 aromatic heterocycles. The van der Waals surface area contributed by atoms with Gasteiger partial charge < -0.3 is 15.5 Å². The largest absolute Gasteiger partial charge is 0.507 e. The van der Waals surface area contributed by atoms with E-state index in [2.05, 4.69) is 5.32 Å². The molecule has 110 valence electrons. The van der Waals surface area contributed by atoms with E-state index in [4.69, 9.17) is 0 Å². The first-order chi connectivity index (χ1) is 9.50. The first-order valence-corrected chi connectivity index (χ1v) is 7.30. The Morgan fingerprint density at radius 1 is 1.25 bits per heavy atom. The highest BCUT2D eigenvalue weighted by atomic mass is 16.3. The molecule has 1 aromatic carbocycles. The van der Waals surface area contributed by atoms with Gasteiger partial charge in [0.05, 0.1) is 11.2 Å². The van der Waals surface area contributed by atoms with Gasteiger partial charge in [-0.2, -0.15) is 0 Å². The molecule has 1 saturated carbocycles. The number of hydrogen-bond acceptors (Lipinski definition) is 3. The lowest BCUT2D eigenvalue weighted by Gasteiger charge is -2.26. The van der Waals surface area contributed by atoms with Crippen LogP contribution in [0.4, 0.5) is 0 Å². The summed E-state index contributed by atoms with van der Waals surface area (Å²) in [6.45, 7) is 2.11. The van der Waals surface area contributed by atoms with E-state index < -0.39 is 5.60 Å². The van der Waals surface area contributed by atoms with Crippen LogP contribution in [0.25, 0.3) is 0 Å². The third-order valence-electron chi connectivity index (χ3n) is 4.01. The molecule has 0 saturated heterocycles. The molecular formula is C16H23NO3. The van der Waals surface area contributed by atoms with Gasteiger partial charge in [0.15, 0.2) is 0 Å². The standard InChI is InChI=1S/C16H23NO3/c1-12-6-7-13(14(18)10-12)15(19)17-11-16(20)8-4-2-3-5-9-16/h6-7,10,18,20H,2-5,8-9,11H2,1H3,(H,17,19). The van der Waals surface area contributed by atoms with Crippen LogP contribution in [0.15, 0.2) is 18.2 Å². The zero-order valence-electron chi connectivity index (χ0n) is 12.0. The molecule has 3 N–H and O–H groups in total. The number of carbonyl (C=O) groups is 1. The number of aromatic hydroxyl groups is 1. The van der Waals surface area contributed by atoms with Crippen LogP contribution in [0.3, 0.4) is 0 Å². The van der Waals surface area contributed by atoms with E-state index in [-0.39, 0.29) is 23.8 Å². The van der Waals surface area contributed by atoms with Crippen molar-refractivity contribution in [1.82, 2.24) is 5.32 Å². The molecule has 0 radical (unpaired) electrons. The summed E-state index contributed by atoms with van der Waals surface area (Å²) in [5.41, 5.74) is 0.362. The quantitative estimate of drug-likeness (QED) is 0.744. The van der Waals surface area contributed by atoms with Crippen LogP contribution in [0.5, 0.6) is 5.75 Å². The van der Waals surface area contributed by atoms with Crippen molar-refractivity contribution >= 4 is 5.91 Å². The lowest BCUT2D eigenvalue weighted by Crippen LogP contribution is -2.42. The molecule has 0 spiro atoms. The van der Waals surface area contributed by atoms with Crippen molar-refractivity contribution in [2.75, 3.05) is 6.54 Å². The van der Waals surface area contributed by atoms with Crippen LogP contribution in [0.1, 0.15) is 54.4 Å². The van der Waals surface area contributed by atoms with Crippen LogP contribution >= 0.6 is 0 Å². The molecular weight excluding hydrogens is 254 g/mol. The summed E-state index contributed by atoms with van der Waals surface area (Å²) < 4.78 is 0. The Morgan fingerprint density at radius 2 is 1.90 bits per heavy atom. The summed E-state index contributed by atoms with van der Waals surface area (Å²) in [6, 6.07) is 4.96. The molecule has 1 amide bonds. The van der Waals surface area contributed by atoms with E-state index in [1.807, 2.05) is 6.92 Å². The number of carbonyl (C=O) groups excluding carboxylic acids is 1. The molecule has 1 aliphatic rings. The Balaban J connectivity index is 1.97. The minimum atomic E-state index is -0.799.